The fraction of sp³-hybridized carbons (Fsp3) is 0.467. The minimum atomic E-state index is -0.126. The summed E-state index contributed by atoms with van der Waals surface area (Å²) in [6.07, 6.45) is 2.26. The fourth-order valence-corrected chi connectivity index (χ4v) is 2.60. The second-order valence-electron chi connectivity index (χ2n) is 5.42. The molecule has 24 heavy (non-hydrogen) atoms. The predicted molar refractivity (Wildman–Crippen MR) is 83.3 cm³/mol. The Morgan fingerprint density at radius 2 is 1.96 bits per heavy atom. The van der Waals surface area contributed by atoms with Crippen molar-refractivity contribution in [2.45, 2.75) is 12.5 Å². The number of ether oxygens (including phenoxy) is 3. The standard InChI is InChI=1S/C15H19N5O4/c1-19-9-11(14(18-19)23-3)15(21)20-7-6-10(8-20)24-13-5-4-12(22-2)16-17-13/h4-5,9-10H,6-8H2,1-3H3. The monoisotopic (exact) mass is 333 g/mol. The molecule has 128 valence electrons. The Balaban J connectivity index is 1.63. The summed E-state index contributed by atoms with van der Waals surface area (Å²) in [6.45, 7) is 1.08. The number of hydrogen-bond acceptors (Lipinski definition) is 7. The van der Waals surface area contributed by atoms with Gasteiger partial charge in [0.2, 0.25) is 17.6 Å². The maximum absolute atomic E-state index is 12.6. The van der Waals surface area contributed by atoms with Crippen LogP contribution in [0.2, 0.25) is 0 Å². The summed E-state index contributed by atoms with van der Waals surface area (Å²) in [4.78, 5) is 14.3. The molecule has 0 aliphatic carbocycles. The molecule has 1 aliphatic heterocycles. The second-order valence-corrected chi connectivity index (χ2v) is 5.42. The van der Waals surface area contributed by atoms with Gasteiger partial charge in [-0.05, 0) is 0 Å². The summed E-state index contributed by atoms with van der Waals surface area (Å²) in [6, 6.07) is 3.38. The predicted octanol–water partition coefficient (Wildman–Crippen LogP) is 0.521. The summed E-state index contributed by atoms with van der Waals surface area (Å²) in [5.74, 6) is 1.04. The van der Waals surface area contributed by atoms with Crippen LogP contribution in [0.25, 0.3) is 0 Å². The third-order valence-electron chi connectivity index (χ3n) is 3.76. The number of aryl methyl sites for hydroxylation is 1. The van der Waals surface area contributed by atoms with Crippen molar-refractivity contribution in [3.8, 4) is 17.6 Å². The second kappa shape index (κ2) is 6.73. The first-order valence-electron chi connectivity index (χ1n) is 7.52. The lowest BCUT2D eigenvalue weighted by Crippen LogP contribution is -2.31. The number of nitrogens with zero attached hydrogens (tertiary/aromatic N) is 5. The highest BCUT2D eigenvalue weighted by Gasteiger charge is 2.31. The van der Waals surface area contributed by atoms with Gasteiger partial charge in [-0.2, -0.15) is 0 Å². The smallest absolute Gasteiger partial charge is 0.261 e. The summed E-state index contributed by atoms with van der Waals surface area (Å²) in [5.41, 5.74) is 0.449. The Morgan fingerprint density at radius 3 is 2.62 bits per heavy atom. The molecule has 3 heterocycles. The van der Waals surface area contributed by atoms with Crippen LogP contribution < -0.4 is 14.2 Å². The number of hydrogen-bond donors (Lipinski definition) is 0. The van der Waals surface area contributed by atoms with Crippen LogP contribution in [-0.2, 0) is 7.05 Å². The van der Waals surface area contributed by atoms with Gasteiger partial charge in [0.25, 0.3) is 5.91 Å². The number of likely N-dealkylation sites (tertiary alicyclic amines) is 1. The molecule has 9 nitrogen and oxygen atoms in total. The SMILES string of the molecule is COc1ccc(OC2CCN(C(=O)c3cn(C)nc3OC)C2)nn1. The molecule has 0 aromatic carbocycles. The Morgan fingerprint density at radius 1 is 1.21 bits per heavy atom. The normalized spacial score (nSPS) is 17.0. The Kier molecular flexibility index (Phi) is 4.50. The fourth-order valence-electron chi connectivity index (χ4n) is 2.60. The van der Waals surface area contributed by atoms with Crippen molar-refractivity contribution in [2.24, 2.45) is 7.05 Å². The van der Waals surface area contributed by atoms with Crippen LogP contribution in [0.15, 0.2) is 18.3 Å². The molecule has 0 radical (unpaired) electrons. The van der Waals surface area contributed by atoms with E-state index in [4.69, 9.17) is 14.2 Å². The Hall–Kier alpha value is -2.84. The zero-order valence-electron chi connectivity index (χ0n) is 13.8. The molecule has 2 aromatic heterocycles. The van der Waals surface area contributed by atoms with Gasteiger partial charge in [-0.15, -0.1) is 15.3 Å². The topological polar surface area (TPSA) is 91.6 Å². The van der Waals surface area contributed by atoms with Crippen LogP contribution in [0.3, 0.4) is 0 Å². The van der Waals surface area contributed by atoms with Crippen molar-refractivity contribution in [1.82, 2.24) is 24.9 Å². The highest BCUT2D eigenvalue weighted by molar-refractivity contribution is 5.96. The average Bonchev–Trinajstić information content (AvgIpc) is 3.21. The van der Waals surface area contributed by atoms with Crippen molar-refractivity contribution in [2.75, 3.05) is 27.3 Å². The van der Waals surface area contributed by atoms with Gasteiger partial charge in [-0.1, -0.05) is 0 Å². The third kappa shape index (κ3) is 3.24. The van der Waals surface area contributed by atoms with Crippen molar-refractivity contribution in [3.05, 3.63) is 23.9 Å². The van der Waals surface area contributed by atoms with Gasteiger partial charge in [0.1, 0.15) is 11.7 Å². The van der Waals surface area contributed by atoms with E-state index in [0.717, 1.165) is 6.42 Å². The van der Waals surface area contributed by atoms with E-state index in [2.05, 4.69) is 15.3 Å². The lowest BCUT2D eigenvalue weighted by atomic mass is 10.3. The number of methoxy groups -OCH3 is 2. The van der Waals surface area contributed by atoms with Crippen molar-refractivity contribution in [3.63, 3.8) is 0 Å². The van der Waals surface area contributed by atoms with Crippen LogP contribution in [0, 0.1) is 0 Å². The largest absolute Gasteiger partial charge is 0.480 e. The van der Waals surface area contributed by atoms with E-state index in [-0.39, 0.29) is 12.0 Å². The highest BCUT2D eigenvalue weighted by Crippen LogP contribution is 2.22. The minimum Gasteiger partial charge on any atom is -0.480 e. The molecule has 0 N–H and O–H groups in total. The van der Waals surface area contributed by atoms with E-state index < -0.39 is 0 Å². The van der Waals surface area contributed by atoms with Gasteiger partial charge >= 0.3 is 0 Å². The molecule has 0 bridgehead atoms. The zero-order valence-corrected chi connectivity index (χ0v) is 13.8. The number of amides is 1. The van der Waals surface area contributed by atoms with Gasteiger partial charge in [0.05, 0.1) is 20.8 Å². The first-order chi connectivity index (χ1) is 11.6. The molecule has 1 atom stereocenters. The maximum Gasteiger partial charge on any atom is 0.261 e. The van der Waals surface area contributed by atoms with Gasteiger partial charge in [0.15, 0.2) is 0 Å². The Labute approximate surface area is 139 Å². The molecule has 3 rings (SSSR count). The van der Waals surface area contributed by atoms with Crippen LogP contribution in [0.5, 0.6) is 17.6 Å². The van der Waals surface area contributed by atoms with Gasteiger partial charge in [-0.25, -0.2) is 0 Å². The Bertz CT molecular complexity index is 715. The van der Waals surface area contributed by atoms with E-state index in [1.54, 1.807) is 35.0 Å². The number of aromatic nitrogens is 4. The van der Waals surface area contributed by atoms with Crippen molar-refractivity contribution in [1.29, 1.82) is 0 Å². The molecule has 0 saturated carbocycles. The molecule has 1 fully saturated rings. The van der Waals surface area contributed by atoms with E-state index in [0.29, 0.717) is 36.3 Å². The molecule has 1 amide bonds. The van der Waals surface area contributed by atoms with Crippen molar-refractivity contribution >= 4 is 5.91 Å². The van der Waals surface area contributed by atoms with Crippen LogP contribution in [0.1, 0.15) is 16.8 Å². The number of rotatable bonds is 5. The quantitative estimate of drug-likeness (QED) is 0.787. The lowest BCUT2D eigenvalue weighted by molar-refractivity contribution is 0.0767. The first kappa shape index (κ1) is 16.0. The van der Waals surface area contributed by atoms with E-state index >= 15 is 0 Å². The zero-order chi connectivity index (χ0) is 17.1. The van der Waals surface area contributed by atoms with Crippen LogP contribution in [-0.4, -0.2) is 64.2 Å². The minimum absolute atomic E-state index is 0.119. The molecule has 0 spiro atoms. The van der Waals surface area contributed by atoms with Crippen molar-refractivity contribution < 1.29 is 19.0 Å². The van der Waals surface area contributed by atoms with Gasteiger partial charge < -0.3 is 19.1 Å². The highest BCUT2D eigenvalue weighted by atomic mass is 16.5. The maximum atomic E-state index is 12.6. The first-order valence-corrected chi connectivity index (χ1v) is 7.52. The molecule has 1 unspecified atom stereocenters. The average molecular weight is 333 g/mol. The number of carbonyl (C=O) groups is 1. The third-order valence-corrected chi connectivity index (χ3v) is 3.76. The molecular weight excluding hydrogens is 314 g/mol. The van der Waals surface area contributed by atoms with Crippen LogP contribution >= 0.6 is 0 Å². The molecule has 1 aliphatic rings. The van der Waals surface area contributed by atoms with Crippen LogP contribution in [0.4, 0.5) is 0 Å². The summed E-state index contributed by atoms with van der Waals surface area (Å²) in [7, 11) is 4.77. The van der Waals surface area contributed by atoms with Gasteiger partial charge in [0, 0.05) is 38.3 Å². The summed E-state index contributed by atoms with van der Waals surface area (Å²) < 4.78 is 17.4. The van der Waals surface area contributed by atoms with Gasteiger partial charge in [-0.3, -0.25) is 9.48 Å². The molecule has 2 aromatic rings. The molecular formula is C15H19N5O4. The summed E-state index contributed by atoms with van der Waals surface area (Å²) in [5, 5.41) is 11.9. The summed E-state index contributed by atoms with van der Waals surface area (Å²) >= 11 is 0. The molecule has 9 heteroatoms. The van der Waals surface area contributed by atoms with E-state index in [9.17, 15) is 4.79 Å². The van der Waals surface area contributed by atoms with E-state index in [1.807, 2.05) is 0 Å². The molecule has 1 saturated heterocycles. The lowest BCUT2D eigenvalue weighted by Gasteiger charge is -2.16. The number of carbonyl (C=O) groups excluding carboxylic acids is 1. The van der Waals surface area contributed by atoms with E-state index in [1.165, 1.54) is 14.2 Å².